The molecule has 2 saturated heterocycles. The lowest BCUT2D eigenvalue weighted by Crippen LogP contribution is -2.58. The number of furan rings is 1. The van der Waals surface area contributed by atoms with Gasteiger partial charge in [0.15, 0.2) is 0 Å². The molecule has 4 nitrogen and oxygen atoms in total. The Labute approximate surface area is 141 Å². The Bertz CT molecular complexity index is 653. The zero-order chi connectivity index (χ0) is 15.7. The van der Waals surface area contributed by atoms with E-state index >= 15 is 0 Å². The first-order valence-corrected chi connectivity index (χ1v) is 9.11. The molecule has 4 rings (SSSR count). The van der Waals surface area contributed by atoms with Gasteiger partial charge in [-0.15, -0.1) is 11.8 Å². The number of aromatic nitrogens is 1. The monoisotopic (exact) mass is 330 g/mol. The summed E-state index contributed by atoms with van der Waals surface area (Å²) in [6.45, 7) is 5.96. The Kier molecular flexibility index (Phi) is 4.18. The number of thioether (sulfide) groups is 1. The van der Waals surface area contributed by atoms with Gasteiger partial charge in [0, 0.05) is 41.4 Å². The third kappa shape index (κ3) is 3.47. The largest absolute Gasteiger partial charge is 0.472 e. The molecule has 2 aromatic heterocycles. The maximum atomic E-state index is 6.10. The lowest BCUT2D eigenvalue weighted by Gasteiger charge is -2.47. The first-order valence-electron chi connectivity index (χ1n) is 8.12. The minimum Gasteiger partial charge on any atom is -0.472 e. The zero-order valence-corrected chi connectivity index (χ0v) is 14.2. The van der Waals surface area contributed by atoms with Crippen molar-refractivity contribution in [2.45, 2.75) is 37.3 Å². The average Bonchev–Trinajstić information content (AvgIpc) is 3.15. The summed E-state index contributed by atoms with van der Waals surface area (Å²) in [5, 5.41) is 0. The molecule has 0 bridgehead atoms. The second-order valence-corrected chi connectivity index (χ2v) is 8.17. The molecular formula is C18H22N2O2S. The second kappa shape index (κ2) is 6.30. The van der Waals surface area contributed by atoms with Crippen molar-refractivity contribution in [2.24, 2.45) is 0 Å². The smallest absolute Gasteiger partial charge is 0.0947 e. The third-order valence-electron chi connectivity index (χ3n) is 4.60. The first-order chi connectivity index (χ1) is 11.2. The summed E-state index contributed by atoms with van der Waals surface area (Å²) in [7, 11) is 0. The number of aryl methyl sites for hydroxylation is 1. The van der Waals surface area contributed by atoms with Crippen molar-refractivity contribution in [1.82, 2.24) is 9.88 Å². The van der Waals surface area contributed by atoms with Crippen LogP contribution in [0, 0.1) is 6.92 Å². The van der Waals surface area contributed by atoms with Crippen molar-refractivity contribution in [3.63, 3.8) is 0 Å². The molecule has 0 amide bonds. The molecule has 0 radical (unpaired) electrons. The fraction of sp³-hybridized carbons (Fsp3) is 0.500. The highest BCUT2D eigenvalue weighted by Crippen LogP contribution is 2.46. The summed E-state index contributed by atoms with van der Waals surface area (Å²) in [5.41, 5.74) is 3.35. The second-order valence-electron chi connectivity index (χ2n) is 6.68. The maximum absolute atomic E-state index is 6.10. The number of hydrogen-bond donors (Lipinski definition) is 0. The normalized spacial score (nSPS) is 23.3. The zero-order valence-electron chi connectivity index (χ0n) is 13.4. The van der Waals surface area contributed by atoms with Gasteiger partial charge in [0.1, 0.15) is 0 Å². The van der Waals surface area contributed by atoms with Crippen molar-refractivity contribution in [3.05, 3.63) is 53.7 Å². The van der Waals surface area contributed by atoms with E-state index in [9.17, 15) is 0 Å². The predicted molar refractivity (Wildman–Crippen MR) is 91.3 cm³/mol. The van der Waals surface area contributed by atoms with Crippen LogP contribution in [-0.2, 0) is 17.9 Å². The SMILES string of the molecule is Cc1cccc(CO[C@H]2CSC3(C2)CN(Cc2ccoc2)C3)n1. The summed E-state index contributed by atoms with van der Waals surface area (Å²) in [6.07, 6.45) is 5.11. The van der Waals surface area contributed by atoms with Crippen LogP contribution in [0.2, 0.25) is 0 Å². The molecule has 0 unspecified atom stereocenters. The van der Waals surface area contributed by atoms with Gasteiger partial charge in [0.05, 0.1) is 30.9 Å². The molecule has 0 saturated carbocycles. The topological polar surface area (TPSA) is 38.5 Å². The summed E-state index contributed by atoms with van der Waals surface area (Å²) < 4.78 is 11.7. The highest BCUT2D eigenvalue weighted by molar-refractivity contribution is 8.01. The molecule has 5 heteroatoms. The van der Waals surface area contributed by atoms with Gasteiger partial charge >= 0.3 is 0 Å². The van der Waals surface area contributed by atoms with Crippen LogP contribution < -0.4 is 0 Å². The van der Waals surface area contributed by atoms with Crippen molar-refractivity contribution < 1.29 is 9.15 Å². The predicted octanol–water partition coefficient (Wildman–Crippen LogP) is 3.26. The van der Waals surface area contributed by atoms with Crippen LogP contribution in [0.3, 0.4) is 0 Å². The standard InChI is InChI=1S/C18H22N2O2S/c1-14-3-2-4-16(19-14)10-22-17-7-18(23-11-17)12-20(13-18)8-15-5-6-21-9-15/h2-6,9,17H,7-8,10-13H2,1H3/t17-/m1/s1. The van der Waals surface area contributed by atoms with Crippen molar-refractivity contribution >= 4 is 11.8 Å². The number of ether oxygens (including phenoxy) is 1. The Morgan fingerprint density at radius 1 is 1.39 bits per heavy atom. The van der Waals surface area contributed by atoms with E-state index in [1.165, 1.54) is 5.56 Å². The van der Waals surface area contributed by atoms with E-state index in [0.29, 0.717) is 17.5 Å². The molecule has 2 aliphatic rings. The van der Waals surface area contributed by atoms with Crippen LogP contribution in [0.4, 0.5) is 0 Å². The first kappa shape index (κ1) is 15.2. The van der Waals surface area contributed by atoms with Crippen molar-refractivity contribution in [2.75, 3.05) is 18.8 Å². The molecule has 122 valence electrons. The Morgan fingerprint density at radius 2 is 2.30 bits per heavy atom. The maximum Gasteiger partial charge on any atom is 0.0947 e. The van der Waals surface area contributed by atoms with Gasteiger partial charge in [-0.3, -0.25) is 9.88 Å². The van der Waals surface area contributed by atoms with Crippen LogP contribution in [0.1, 0.15) is 23.4 Å². The fourth-order valence-corrected chi connectivity index (χ4v) is 5.14. The van der Waals surface area contributed by atoms with E-state index in [2.05, 4.69) is 21.6 Å². The van der Waals surface area contributed by atoms with E-state index in [1.807, 2.05) is 37.5 Å². The molecule has 0 N–H and O–H groups in total. The summed E-state index contributed by atoms with van der Waals surface area (Å²) in [5.74, 6) is 1.10. The van der Waals surface area contributed by atoms with Crippen LogP contribution in [-0.4, -0.2) is 39.6 Å². The highest BCUT2D eigenvalue weighted by Gasteiger charge is 2.49. The molecule has 0 aromatic carbocycles. The summed E-state index contributed by atoms with van der Waals surface area (Å²) in [4.78, 5) is 7.00. The highest BCUT2D eigenvalue weighted by atomic mass is 32.2. The summed E-state index contributed by atoms with van der Waals surface area (Å²) in [6, 6.07) is 8.16. The van der Waals surface area contributed by atoms with E-state index in [-0.39, 0.29) is 0 Å². The molecule has 2 aliphatic heterocycles. The van der Waals surface area contributed by atoms with E-state index < -0.39 is 0 Å². The van der Waals surface area contributed by atoms with Gasteiger partial charge in [-0.1, -0.05) is 6.07 Å². The van der Waals surface area contributed by atoms with Gasteiger partial charge < -0.3 is 9.15 Å². The number of likely N-dealkylation sites (tertiary alicyclic amines) is 1. The molecule has 23 heavy (non-hydrogen) atoms. The number of hydrogen-bond acceptors (Lipinski definition) is 5. The fourth-order valence-electron chi connectivity index (χ4n) is 3.53. The van der Waals surface area contributed by atoms with Gasteiger partial charge in [-0.25, -0.2) is 0 Å². The summed E-state index contributed by atoms with van der Waals surface area (Å²) >= 11 is 2.08. The molecule has 1 spiro atoms. The molecule has 0 aliphatic carbocycles. The Morgan fingerprint density at radius 3 is 3.09 bits per heavy atom. The van der Waals surface area contributed by atoms with Crippen LogP contribution in [0.5, 0.6) is 0 Å². The number of pyridine rings is 1. The minimum absolute atomic E-state index is 0.360. The lowest BCUT2D eigenvalue weighted by atomic mass is 9.92. The Hall–Kier alpha value is -1.30. The molecule has 2 fully saturated rings. The third-order valence-corrected chi connectivity index (χ3v) is 6.17. The number of nitrogens with zero attached hydrogens (tertiary/aromatic N) is 2. The van der Waals surface area contributed by atoms with Crippen LogP contribution in [0.25, 0.3) is 0 Å². The van der Waals surface area contributed by atoms with Gasteiger partial charge in [0.25, 0.3) is 0 Å². The van der Waals surface area contributed by atoms with E-state index in [0.717, 1.165) is 43.2 Å². The molecule has 4 heterocycles. The lowest BCUT2D eigenvalue weighted by molar-refractivity contribution is 0.0250. The van der Waals surface area contributed by atoms with Crippen molar-refractivity contribution in [3.8, 4) is 0 Å². The van der Waals surface area contributed by atoms with Crippen LogP contribution in [0.15, 0.2) is 41.2 Å². The number of rotatable bonds is 5. The molecule has 1 atom stereocenters. The van der Waals surface area contributed by atoms with Gasteiger partial charge in [0.2, 0.25) is 0 Å². The van der Waals surface area contributed by atoms with Crippen LogP contribution >= 0.6 is 11.8 Å². The van der Waals surface area contributed by atoms with Gasteiger partial charge in [-0.2, -0.15) is 0 Å². The van der Waals surface area contributed by atoms with Crippen molar-refractivity contribution in [1.29, 1.82) is 0 Å². The quantitative estimate of drug-likeness (QED) is 0.841. The minimum atomic E-state index is 0.360. The van der Waals surface area contributed by atoms with E-state index in [4.69, 9.17) is 9.15 Å². The molecule has 2 aromatic rings. The Balaban J connectivity index is 1.24. The average molecular weight is 330 g/mol. The van der Waals surface area contributed by atoms with E-state index in [1.54, 1.807) is 6.26 Å². The van der Waals surface area contributed by atoms with Gasteiger partial charge in [-0.05, 0) is 31.5 Å². The molecular weight excluding hydrogens is 308 g/mol.